The number of carbonyl (C=O) groups is 1. The van der Waals surface area contributed by atoms with Gasteiger partial charge in [0.05, 0.1) is 29.5 Å². The second-order valence-corrected chi connectivity index (χ2v) is 8.39. The highest BCUT2D eigenvalue weighted by molar-refractivity contribution is 7.99. The molecule has 1 aromatic heterocycles. The lowest BCUT2D eigenvalue weighted by Gasteiger charge is -2.27. The molecular weight excluding hydrogens is 396 g/mol. The summed E-state index contributed by atoms with van der Waals surface area (Å²) in [5, 5.41) is 13.0. The fourth-order valence-corrected chi connectivity index (χ4v) is 3.79. The maximum atomic E-state index is 12.5. The van der Waals surface area contributed by atoms with E-state index in [1.165, 1.54) is 11.8 Å². The molecule has 0 aliphatic rings. The highest BCUT2D eigenvalue weighted by atomic mass is 32.2. The molecule has 0 saturated heterocycles. The van der Waals surface area contributed by atoms with Crippen LogP contribution in [0.15, 0.2) is 53.7 Å². The number of nitriles is 1. The molecule has 1 unspecified atom stereocenters. The van der Waals surface area contributed by atoms with Crippen molar-refractivity contribution >= 4 is 28.7 Å². The predicted octanol–water partition coefficient (Wildman–Crippen LogP) is 4.57. The van der Waals surface area contributed by atoms with Gasteiger partial charge in [0, 0.05) is 5.69 Å². The minimum absolute atomic E-state index is 0.00452. The van der Waals surface area contributed by atoms with Crippen LogP contribution in [0.5, 0.6) is 5.75 Å². The second kappa shape index (κ2) is 9.23. The summed E-state index contributed by atoms with van der Waals surface area (Å²) in [7, 11) is 0. The third-order valence-electron chi connectivity index (χ3n) is 5.05. The van der Waals surface area contributed by atoms with Crippen LogP contribution in [0.4, 0.5) is 0 Å². The normalized spacial score (nSPS) is 13.1. The maximum Gasteiger partial charge on any atom is 0.231 e. The molecule has 0 spiro atoms. The number of carbonyl (C=O) groups excluding carboxylic acids is 1. The first-order valence-corrected chi connectivity index (χ1v) is 10.9. The van der Waals surface area contributed by atoms with Gasteiger partial charge in [0.15, 0.2) is 5.16 Å². The monoisotopic (exact) mass is 422 g/mol. The van der Waals surface area contributed by atoms with E-state index in [0.29, 0.717) is 6.61 Å². The summed E-state index contributed by atoms with van der Waals surface area (Å²) < 4.78 is 7.58. The van der Waals surface area contributed by atoms with E-state index in [1.807, 2.05) is 73.9 Å². The topological polar surface area (TPSA) is 79.9 Å². The van der Waals surface area contributed by atoms with Crippen LogP contribution in [0, 0.1) is 17.2 Å². The van der Waals surface area contributed by atoms with E-state index < -0.39 is 5.54 Å². The Kier molecular flexibility index (Phi) is 6.68. The van der Waals surface area contributed by atoms with Crippen LogP contribution in [0.1, 0.15) is 27.7 Å². The molecule has 0 radical (unpaired) electrons. The number of thioether (sulfide) groups is 1. The van der Waals surface area contributed by atoms with E-state index in [9.17, 15) is 10.1 Å². The second-order valence-electron chi connectivity index (χ2n) is 7.45. The van der Waals surface area contributed by atoms with Crippen molar-refractivity contribution in [1.29, 1.82) is 5.26 Å². The van der Waals surface area contributed by atoms with Gasteiger partial charge in [-0.25, -0.2) is 4.98 Å². The molecule has 2 aromatic carbocycles. The van der Waals surface area contributed by atoms with Gasteiger partial charge in [0.25, 0.3) is 0 Å². The van der Waals surface area contributed by atoms with Gasteiger partial charge in [-0.3, -0.25) is 9.36 Å². The van der Waals surface area contributed by atoms with Crippen molar-refractivity contribution in [1.82, 2.24) is 14.9 Å². The maximum absolute atomic E-state index is 12.5. The first-order valence-electron chi connectivity index (χ1n) is 9.93. The lowest BCUT2D eigenvalue weighted by molar-refractivity contribution is -0.120. The zero-order valence-electron chi connectivity index (χ0n) is 17.7. The summed E-state index contributed by atoms with van der Waals surface area (Å²) in [4.78, 5) is 17.3. The third kappa shape index (κ3) is 4.60. The molecule has 1 heterocycles. The summed E-state index contributed by atoms with van der Waals surface area (Å²) in [5.74, 6) is 0.793. The van der Waals surface area contributed by atoms with Gasteiger partial charge < -0.3 is 10.1 Å². The lowest BCUT2D eigenvalue weighted by Crippen LogP contribution is -2.49. The van der Waals surface area contributed by atoms with Crippen LogP contribution in [0.25, 0.3) is 16.7 Å². The first kappa shape index (κ1) is 21.7. The Balaban J connectivity index is 1.87. The number of ether oxygens (including phenoxy) is 1. The summed E-state index contributed by atoms with van der Waals surface area (Å²) in [5.41, 5.74) is 1.87. The van der Waals surface area contributed by atoms with E-state index in [-0.39, 0.29) is 17.6 Å². The van der Waals surface area contributed by atoms with Crippen molar-refractivity contribution in [3.63, 3.8) is 0 Å². The lowest BCUT2D eigenvalue weighted by atomic mass is 9.90. The molecule has 3 aromatic rings. The Labute approximate surface area is 181 Å². The van der Waals surface area contributed by atoms with E-state index in [4.69, 9.17) is 9.72 Å². The van der Waals surface area contributed by atoms with Gasteiger partial charge in [-0.05, 0) is 56.2 Å². The fraction of sp³-hybridized carbons (Fsp3) is 0.348. The highest BCUT2D eigenvalue weighted by Crippen LogP contribution is 2.29. The SMILES string of the molecule is CCOc1ccc(-n2c(SCC(=O)NC(C)(C#N)C(C)C)nc3ccccc32)cc1. The molecule has 1 N–H and O–H groups in total. The smallest absolute Gasteiger partial charge is 0.231 e. The molecule has 156 valence electrons. The number of nitrogens with zero attached hydrogens (tertiary/aromatic N) is 3. The van der Waals surface area contributed by atoms with Crippen molar-refractivity contribution in [2.45, 2.75) is 38.4 Å². The van der Waals surface area contributed by atoms with Gasteiger partial charge in [0.1, 0.15) is 11.3 Å². The van der Waals surface area contributed by atoms with Crippen molar-refractivity contribution in [3.8, 4) is 17.5 Å². The van der Waals surface area contributed by atoms with E-state index in [2.05, 4.69) is 11.4 Å². The number of aromatic nitrogens is 2. The standard InChI is InChI=1S/C23H26N4O2S/c1-5-29-18-12-10-17(11-13-18)27-20-9-7-6-8-19(20)25-22(27)30-14-21(28)26-23(4,15-24)16(2)3/h6-13,16H,5,14H2,1-4H3,(H,26,28). The van der Waals surface area contributed by atoms with Crippen molar-refractivity contribution < 1.29 is 9.53 Å². The summed E-state index contributed by atoms with van der Waals surface area (Å²) in [6.07, 6.45) is 0. The average molecular weight is 423 g/mol. The summed E-state index contributed by atoms with van der Waals surface area (Å²) >= 11 is 1.35. The van der Waals surface area contributed by atoms with E-state index in [0.717, 1.165) is 27.6 Å². The Morgan fingerprint density at radius 1 is 1.27 bits per heavy atom. The third-order valence-corrected chi connectivity index (χ3v) is 5.99. The Morgan fingerprint density at radius 3 is 2.60 bits per heavy atom. The number of benzene rings is 2. The Bertz CT molecular complexity index is 1070. The molecule has 30 heavy (non-hydrogen) atoms. The zero-order valence-corrected chi connectivity index (χ0v) is 18.5. The fourth-order valence-electron chi connectivity index (χ4n) is 2.97. The molecule has 6 nitrogen and oxygen atoms in total. The molecule has 3 rings (SSSR count). The van der Waals surface area contributed by atoms with Crippen LogP contribution in [0.3, 0.4) is 0 Å². The quantitative estimate of drug-likeness (QED) is 0.538. The van der Waals surface area contributed by atoms with Crippen LogP contribution in [-0.2, 0) is 4.79 Å². The summed E-state index contributed by atoms with van der Waals surface area (Å²) in [6, 6.07) is 17.9. The van der Waals surface area contributed by atoms with Gasteiger partial charge in [-0.15, -0.1) is 0 Å². The number of amides is 1. The molecule has 7 heteroatoms. The average Bonchev–Trinajstić information content (AvgIpc) is 3.11. The largest absolute Gasteiger partial charge is 0.494 e. The molecule has 0 aliphatic heterocycles. The Hall–Kier alpha value is -2.98. The van der Waals surface area contributed by atoms with Gasteiger partial charge in [-0.1, -0.05) is 37.7 Å². The number of para-hydroxylation sites is 2. The minimum atomic E-state index is -0.896. The van der Waals surface area contributed by atoms with Crippen LogP contribution >= 0.6 is 11.8 Å². The van der Waals surface area contributed by atoms with Crippen molar-refractivity contribution in [3.05, 3.63) is 48.5 Å². The first-order chi connectivity index (χ1) is 14.4. The van der Waals surface area contributed by atoms with E-state index in [1.54, 1.807) is 6.92 Å². The highest BCUT2D eigenvalue weighted by Gasteiger charge is 2.30. The van der Waals surface area contributed by atoms with Crippen LogP contribution in [-0.4, -0.2) is 33.4 Å². The summed E-state index contributed by atoms with van der Waals surface area (Å²) in [6.45, 7) is 8.15. The van der Waals surface area contributed by atoms with Crippen LogP contribution in [0.2, 0.25) is 0 Å². The number of hydrogen-bond acceptors (Lipinski definition) is 5. The Morgan fingerprint density at radius 2 is 1.97 bits per heavy atom. The van der Waals surface area contributed by atoms with Crippen LogP contribution < -0.4 is 10.1 Å². The van der Waals surface area contributed by atoms with E-state index >= 15 is 0 Å². The molecule has 0 aliphatic carbocycles. The minimum Gasteiger partial charge on any atom is -0.494 e. The molecule has 0 bridgehead atoms. The number of hydrogen-bond donors (Lipinski definition) is 1. The number of rotatable bonds is 8. The number of nitrogens with one attached hydrogen (secondary N) is 1. The molecule has 1 amide bonds. The number of fused-ring (bicyclic) bond motifs is 1. The molecule has 0 saturated carbocycles. The zero-order chi connectivity index (χ0) is 21.7. The van der Waals surface area contributed by atoms with Crippen molar-refractivity contribution in [2.75, 3.05) is 12.4 Å². The predicted molar refractivity (Wildman–Crippen MR) is 120 cm³/mol. The van der Waals surface area contributed by atoms with Gasteiger partial charge in [-0.2, -0.15) is 5.26 Å². The number of imidazole rings is 1. The van der Waals surface area contributed by atoms with Gasteiger partial charge >= 0.3 is 0 Å². The molecule has 0 fully saturated rings. The van der Waals surface area contributed by atoms with Gasteiger partial charge in [0.2, 0.25) is 5.91 Å². The molecular formula is C23H26N4O2S. The molecule has 1 atom stereocenters. The van der Waals surface area contributed by atoms with Crippen molar-refractivity contribution in [2.24, 2.45) is 5.92 Å².